The van der Waals surface area contributed by atoms with Crippen molar-refractivity contribution in [3.05, 3.63) is 29.8 Å². The number of ether oxygens (including phenoxy) is 1. The van der Waals surface area contributed by atoms with Crippen molar-refractivity contribution in [1.82, 2.24) is 4.90 Å². The summed E-state index contributed by atoms with van der Waals surface area (Å²) in [4.78, 5) is 13.9. The zero-order valence-corrected chi connectivity index (χ0v) is 11.1. The summed E-state index contributed by atoms with van der Waals surface area (Å²) in [7, 11) is 0. The Bertz CT molecular complexity index is 551. The molecule has 1 aliphatic rings. The summed E-state index contributed by atoms with van der Waals surface area (Å²) in [6.07, 6.45) is 1.24. The van der Waals surface area contributed by atoms with Gasteiger partial charge >= 0.3 is 6.61 Å². The molecule has 1 saturated heterocycles. The Labute approximate surface area is 119 Å². The molecule has 1 aromatic carbocycles. The molecule has 2 rings (SSSR count). The number of hydrogen-bond acceptors (Lipinski definition) is 4. The van der Waals surface area contributed by atoms with E-state index in [1.807, 2.05) is 0 Å². The van der Waals surface area contributed by atoms with Crippen molar-refractivity contribution in [3.8, 4) is 5.75 Å². The van der Waals surface area contributed by atoms with Gasteiger partial charge in [0.1, 0.15) is 5.75 Å². The van der Waals surface area contributed by atoms with E-state index in [2.05, 4.69) is 9.89 Å². The number of oxime groups is 1. The molecule has 0 bridgehead atoms. The Morgan fingerprint density at radius 1 is 1.48 bits per heavy atom. The molecule has 3 N–H and O–H groups in total. The molecule has 0 saturated carbocycles. The maximum absolute atomic E-state index is 12.5. The highest BCUT2D eigenvalue weighted by atomic mass is 19.3. The Hall–Kier alpha value is -2.38. The predicted molar refractivity (Wildman–Crippen MR) is 70.5 cm³/mol. The van der Waals surface area contributed by atoms with Crippen molar-refractivity contribution >= 4 is 11.7 Å². The summed E-state index contributed by atoms with van der Waals surface area (Å²) in [6, 6.07) is 5.22. The van der Waals surface area contributed by atoms with Crippen molar-refractivity contribution in [2.75, 3.05) is 6.54 Å². The van der Waals surface area contributed by atoms with Gasteiger partial charge in [0.25, 0.3) is 5.91 Å². The van der Waals surface area contributed by atoms with Gasteiger partial charge in [-0.25, -0.2) is 0 Å². The first-order valence-electron chi connectivity index (χ1n) is 6.36. The molecule has 1 atom stereocenters. The number of benzene rings is 1. The molecule has 6 nitrogen and oxygen atoms in total. The molecular formula is C13H15F2N3O3. The molecule has 1 aliphatic heterocycles. The highest BCUT2D eigenvalue weighted by Crippen LogP contribution is 2.26. The molecule has 0 aliphatic carbocycles. The van der Waals surface area contributed by atoms with Gasteiger partial charge in [-0.1, -0.05) is 17.3 Å². The van der Waals surface area contributed by atoms with Crippen molar-refractivity contribution < 1.29 is 23.5 Å². The van der Waals surface area contributed by atoms with Gasteiger partial charge in [-0.2, -0.15) is 8.78 Å². The minimum atomic E-state index is -3.02. The molecule has 1 amide bonds. The van der Waals surface area contributed by atoms with Crippen LogP contribution in [0, 0.1) is 0 Å². The third-order valence-electron chi connectivity index (χ3n) is 3.30. The summed E-state index contributed by atoms with van der Waals surface area (Å²) in [5.74, 6) is -0.754. The molecule has 1 aromatic rings. The van der Waals surface area contributed by atoms with E-state index < -0.39 is 18.6 Å². The number of alkyl halides is 2. The second-order valence-corrected chi connectivity index (χ2v) is 4.56. The highest BCUT2D eigenvalue weighted by molar-refractivity contribution is 6.00. The summed E-state index contributed by atoms with van der Waals surface area (Å²) in [6.45, 7) is -2.61. The Kier molecular flexibility index (Phi) is 4.56. The van der Waals surface area contributed by atoms with Gasteiger partial charge in [0, 0.05) is 6.54 Å². The number of nitrogens with zero attached hydrogens (tertiary/aromatic N) is 2. The summed E-state index contributed by atoms with van der Waals surface area (Å²) in [5.41, 5.74) is 5.58. The number of carbonyl (C=O) groups excluding carboxylic acids is 1. The number of likely N-dealkylation sites (tertiary alicyclic amines) is 1. The first-order chi connectivity index (χ1) is 10.0. The number of amidine groups is 1. The van der Waals surface area contributed by atoms with Crippen molar-refractivity contribution in [2.24, 2.45) is 10.9 Å². The normalized spacial score (nSPS) is 19.1. The first-order valence-corrected chi connectivity index (χ1v) is 6.36. The van der Waals surface area contributed by atoms with Crippen LogP contribution in [0.5, 0.6) is 5.75 Å². The first kappa shape index (κ1) is 15.0. The quantitative estimate of drug-likeness (QED) is 0.383. The monoisotopic (exact) mass is 299 g/mol. The van der Waals surface area contributed by atoms with Crippen LogP contribution in [-0.2, 0) is 0 Å². The molecule has 1 heterocycles. The van der Waals surface area contributed by atoms with Crippen LogP contribution in [-0.4, -0.2) is 41.0 Å². The second kappa shape index (κ2) is 6.38. The molecule has 1 unspecified atom stereocenters. The van der Waals surface area contributed by atoms with Gasteiger partial charge in [0.2, 0.25) is 0 Å². The fraction of sp³-hybridized carbons (Fsp3) is 0.385. The molecule has 0 radical (unpaired) electrons. The molecule has 114 valence electrons. The molecule has 1 fully saturated rings. The largest absolute Gasteiger partial charge is 0.434 e. The van der Waals surface area contributed by atoms with E-state index in [1.54, 1.807) is 6.07 Å². The molecular weight excluding hydrogens is 284 g/mol. The number of rotatable bonds is 4. The van der Waals surface area contributed by atoms with Crippen LogP contribution >= 0.6 is 0 Å². The van der Waals surface area contributed by atoms with Crippen molar-refractivity contribution in [1.29, 1.82) is 0 Å². The Morgan fingerprint density at radius 3 is 2.86 bits per heavy atom. The van der Waals surface area contributed by atoms with E-state index in [9.17, 15) is 13.6 Å². The van der Waals surface area contributed by atoms with Gasteiger partial charge in [0.15, 0.2) is 5.84 Å². The molecule has 8 heteroatoms. The van der Waals surface area contributed by atoms with Crippen LogP contribution in [0.1, 0.15) is 23.2 Å². The van der Waals surface area contributed by atoms with E-state index in [0.717, 1.165) is 0 Å². The lowest BCUT2D eigenvalue weighted by molar-refractivity contribution is -0.0502. The lowest BCUT2D eigenvalue weighted by atomic mass is 10.1. The summed E-state index contributed by atoms with van der Waals surface area (Å²) >= 11 is 0. The topological polar surface area (TPSA) is 88.2 Å². The number of para-hydroxylation sites is 1. The van der Waals surface area contributed by atoms with Crippen LogP contribution in [0.3, 0.4) is 0 Å². The minimum absolute atomic E-state index is 0.0236. The zero-order valence-electron chi connectivity index (χ0n) is 11.1. The van der Waals surface area contributed by atoms with Crippen LogP contribution in [0.4, 0.5) is 8.78 Å². The minimum Gasteiger partial charge on any atom is -0.434 e. The summed E-state index contributed by atoms with van der Waals surface area (Å²) in [5, 5.41) is 11.7. The third kappa shape index (κ3) is 3.21. The van der Waals surface area contributed by atoms with Gasteiger partial charge in [-0.05, 0) is 25.0 Å². The SMILES string of the molecule is NC(=NO)C1CCCN1C(=O)c1ccccc1OC(F)F. The predicted octanol–water partition coefficient (Wildman–Crippen LogP) is 1.64. The highest BCUT2D eigenvalue weighted by Gasteiger charge is 2.33. The lowest BCUT2D eigenvalue weighted by Gasteiger charge is -2.24. The van der Waals surface area contributed by atoms with E-state index in [0.29, 0.717) is 19.4 Å². The number of hydrogen-bond donors (Lipinski definition) is 2. The van der Waals surface area contributed by atoms with Gasteiger partial charge in [-0.3, -0.25) is 4.79 Å². The molecule has 0 spiro atoms. The average Bonchev–Trinajstić information content (AvgIpc) is 2.95. The molecule has 21 heavy (non-hydrogen) atoms. The maximum Gasteiger partial charge on any atom is 0.387 e. The average molecular weight is 299 g/mol. The smallest absolute Gasteiger partial charge is 0.387 e. The lowest BCUT2D eigenvalue weighted by Crippen LogP contribution is -2.44. The van der Waals surface area contributed by atoms with Crippen molar-refractivity contribution in [3.63, 3.8) is 0 Å². The Balaban J connectivity index is 2.27. The van der Waals surface area contributed by atoms with E-state index in [1.165, 1.54) is 23.1 Å². The molecule has 0 aromatic heterocycles. The number of nitrogens with two attached hydrogens (primary N) is 1. The van der Waals surface area contributed by atoms with E-state index >= 15 is 0 Å². The van der Waals surface area contributed by atoms with Crippen LogP contribution < -0.4 is 10.5 Å². The van der Waals surface area contributed by atoms with E-state index in [4.69, 9.17) is 10.9 Å². The van der Waals surface area contributed by atoms with Crippen LogP contribution in [0.15, 0.2) is 29.4 Å². The summed E-state index contributed by atoms with van der Waals surface area (Å²) < 4.78 is 29.1. The van der Waals surface area contributed by atoms with Gasteiger partial charge in [0.05, 0.1) is 11.6 Å². The number of halogens is 2. The fourth-order valence-corrected chi connectivity index (χ4v) is 2.38. The Morgan fingerprint density at radius 2 is 2.19 bits per heavy atom. The maximum atomic E-state index is 12.5. The van der Waals surface area contributed by atoms with Crippen molar-refractivity contribution in [2.45, 2.75) is 25.5 Å². The second-order valence-electron chi connectivity index (χ2n) is 4.56. The van der Waals surface area contributed by atoms with Crippen LogP contribution in [0.25, 0.3) is 0 Å². The van der Waals surface area contributed by atoms with Gasteiger partial charge in [-0.15, -0.1) is 0 Å². The zero-order chi connectivity index (χ0) is 15.4. The fourth-order valence-electron chi connectivity index (χ4n) is 2.38. The third-order valence-corrected chi connectivity index (χ3v) is 3.30. The standard InChI is InChI=1S/C13H15F2N3O3/c14-13(15)21-10-6-2-1-4-8(10)12(19)18-7-3-5-9(18)11(16)17-20/h1-2,4,6,9,13,20H,3,5,7H2,(H2,16,17). The van der Waals surface area contributed by atoms with E-state index in [-0.39, 0.29) is 17.1 Å². The number of carbonyl (C=O) groups is 1. The number of amides is 1. The van der Waals surface area contributed by atoms with Gasteiger partial charge < -0.3 is 20.6 Å². The van der Waals surface area contributed by atoms with Crippen LogP contribution in [0.2, 0.25) is 0 Å².